The summed E-state index contributed by atoms with van der Waals surface area (Å²) < 4.78 is 8.79. The number of aromatic nitrogens is 5. The second-order valence-electron chi connectivity index (χ2n) is 8.07. The molecule has 0 radical (unpaired) electrons. The monoisotopic (exact) mass is 387 g/mol. The predicted octanol–water partition coefficient (Wildman–Crippen LogP) is 2.84. The number of benzene rings is 2. The molecule has 7 heteroatoms. The summed E-state index contributed by atoms with van der Waals surface area (Å²) >= 11 is 0. The molecule has 0 bridgehead atoms. The zero-order chi connectivity index (χ0) is 20.2. The largest absolute Gasteiger partial charge is 0.497 e. The Hall–Kier alpha value is -3.48. The molecule has 0 saturated carbocycles. The molecule has 2 aromatic heterocycles. The molecule has 0 saturated heterocycles. The second-order valence-corrected chi connectivity index (χ2v) is 8.07. The average Bonchev–Trinajstić information content (AvgIpc) is 3.20. The van der Waals surface area contributed by atoms with E-state index in [4.69, 9.17) is 4.74 Å². The number of hydrogen-bond acceptors (Lipinski definition) is 5. The van der Waals surface area contributed by atoms with Crippen LogP contribution in [-0.2, 0) is 18.4 Å². The molecule has 0 N–H and O–H groups in total. The Labute approximate surface area is 167 Å². The van der Waals surface area contributed by atoms with Crippen LogP contribution in [0.25, 0.3) is 17.0 Å². The van der Waals surface area contributed by atoms with Gasteiger partial charge in [0.2, 0.25) is 0 Å². The fourth-order valence-corrected chi connectivity index (χ4v) is 4.32. The molecule has 0 spiro atoms. The van der Waals surface area contributed by atoms with Crippen molar-refractivity contribution in [1.29, 1.82) is 0 Å². The van der Waals surface area contributed by atoms with Gasteiger partial charge in [-0.05, 0) is 40.1 Å². The first-order valence-electron chi connectivity index (χ1n) is 9.56. The summed E-state index contributed by atoms with van der Waals surface area (Å²) in [6, 6.07) is 15.9. The first-order chi connectivity index (χ1) is 14.0. The van der Waals surface area contributed by atoms with E-state index >= 15 is 0 Å². The minimum Gasteiger partial charge on any atom is -0.497 e. The van der Waals surface area contributed by atoms with E-state index in [1.807, 2.05) is 42.5 Å². The van der Waals surface area contributed by atoms with Crippen molar-refractivity contribution in [3.8, 4) is 17.0 Å². The van der Waals surface area contributed by atoms with Gasteiger partial charge in [-0.25, -0.2) is 0 Å². The van der Waals surface area contributed by atoms with Gasteiger partial charge < -0.3 is 4.74 Å². The van der Waals surface area contributed by atoms with Crippen LogP contribution in [0.3, 0.4) is 0 Å². The summed E-state index contributed by atoms with van der Waals surface area (Å²) in [5.74, 6) is 1.17. The predicted molar refractivity (Wildman–Crippen MR) is 109 cm³/mol. The molecule has 2 heterocycles. The molecule has 4 aromatic rings. The molecular weight excluding hydrogens is 366 g/mol. The van der Waals surface area contributed by atoms with Crippen molar-refractivity contribution in [2.24, 2.45) is 0 Å². The normalized spacial score (nSPS) is 14.4. The molecule has 29 heavy (non-hydrogen) atoms. The van der Waals surface area contributed by atoms with Crippen LogP contribution in [0.15, 0.2) is 53.3 Å². The Balaban J connectivity index is 1.85. The number of hydrogen-bond donors (Lipinski definition) is 0. The first-order valence-corrected chi connectivity index (χ1v) is 9.56. The molecule has 1 aliphatic rings. The van der Waals surface area contributed by atoms with Crippen LogP contribution in [-0.4, -0.2) is 31.7 Å². The van der Waals surface area contributed by atoms with E-state index in [2.05, 4.69) is 35.4 Å². The quantitative estimate of drug-likeness (QED) is 0.540. The van der Waals surface area contributed by atoms with Crippen LogP contribution in [0, 0.1) is 0 Å². The summed E-state index contributed by atoms with van der Waals surface area (Å²) in [5, 5.41) is 12.3. The minimum absolute atomic E-state index is 0.0513. The van der Waals surface area contributed by atoms with Crippen LogP contribution in [0.4, 0.5) is 0 Å². The average molecular weight is 387 g/mol. The van der Waals surface area contributed by atoms with Crippen LogP contribution in [0.5, 0.6) is 5.75 Å². The maximum absolute atomic E-state index is 13.7. The molecule has 0 aliphatic heterocycles. The van der Waals surface area contributed by atoms with E-state index in [9.17, 15) is 4.79 Å². The van der Waals surface area contributed by atoms with Gasteiger partial charge >= 0.3 is 0 Å². The van der Waals surface area contributed by atoms with Gasteiger partial charge in [0, 0.05) is 11.0 Å². The highest BCUT2D eigenvalue weighted by molar-refractivity contribution is 5.74. The van der Waals surface area contributed by atoms with E-state index < -0.39 is 0 Å². The lowest BCUT2D eigenvalue weighted by Gasteiger charge is -2.33. The van der Waals surface area contributed by atoms with E-state index in [0.29, 0.717) is 12.3 Å². The summed E-state index contributed by atoms with van der Waals surface area (Å²) in [7, 11) is 1.64. The van der Waals surface area contributed by atoms with Gasteiger partial charge in [0.1, 0.15) is 5.75 Å². The molecule has 7 nitrogen and oxygen atoms in total. The summed E-state index contributed by atoms with van der Waals surface area (Å²) in [5.41, 5.74) is 4.20. The van der Waals surface area contributed by atoms with Gasteiger partial charge in [-0.15, -0.1) is 0 Å². The topological polar surface area (TPSA) is 74.3 Å². The lowest BCUT2D eigenvalue weighted by atomic mass is 9.72. The molecule has 0 amide bonds. The van der Waals surface area contributed by atoms with Gasteiger partial charge in [0.15, 0.2) is 0 Å². The van der Waals surface area contributed by atoms with Crippen molar-refractivity contribution in [2.45, 2.75) is 32.2 Å². The molecule has 5 rings (SSSR count). The summed E-state index contributed by atoms with van der Waals surface area (Å²) in [6.45, 7) is 4.62. The van der Waals surface area contributed by atoms with Gasteiger partial charge in [-0.1, -0.05) is 55.3 Å². The van der Waals surface area contributed by atoms with E-state index in [1.165, 1.54) is 0 Å². The number of tetrazole rings is 1. The third-order valence-corrected chi connectivity index (χ3v) is 5.67. The molecular formula is C22H21N5O2. The third-order valence-electron chi connectivity index (χ3n) is 5.67. The first kappa shape index (κ1) is 17.6. The zero-order valence-electron chi connectivity index (χ0n) is 16.6. The summed E-state index contributed by atoms with van der Waals surface area (Å²) in [4.78, 5) is 13.7. The molecule has 146 valence electrons. The van der Waals surface area contributed by atoms with Gasteiger partial charge in [0.25, 0.3) is 11.3 Å². The van der Waals surface area contributed by atoms with Crippen molar-refractivity contribution < 1.29 is 4.74 Å². The van der Waals surface area contributed by atoms with Crippen LogP contribution in [0.2, 0.25) is 0 Å². The SMILES string of the molecule is COc1ccc2c(c1)-c1c(c(=O)n(Cc3ccccc3)c3nnnn13)C(C)(C)C2. The highest BCUT2D eigenvalue weighted by Gasteiger charge is 2.37. The van der Waals surface area contributed by atoms with Crippen LogP contribution >= 0.6 is 0 Å². The van der Waals surface area contributed by atoms with Gasteiger partial charge in [0.05, 0.1) is 24.9 Å². The highest BCUT2D eigenvalue weighted by atomic mass is 16.5. The number of ether oxygens (including phenoxy) is 1. The van der Waals surface area contributed by atoms with Gasteiger partial charge in [-0.2, -0.15) is 4.52 Å². The molecule has 0 fully saturated rings. The number of methoxy groups -OCH3 is 1. The Morgan fingerprint density at radius 3 is 2.69 bits per heavy atom. The van der Waals surface area contributed by atoms with Crippen molar-refractivity contribution in [3.05, 3.63) is 75.6 Å². The smallest absolute Gasteiger partial charge is 0.259 e. The lowest BCUT2D eigenvalue weighted by molar-refractivity contribution is 0.414. The Morgan fingerprint density at radius 1 is 1.14 bits per heavy atom. The van der Waals surface area contributed by atoms with Gasteiger partial charge in [-0.3, -0.25) is 9.36 Å². The maximum Gasteiger partial charge on any atom is 0.259 e. The number of fused-ring (bicyclic) bond motifs is 5. The lowest BCUT2D eigenvalue weighted by Crippen LogP contribution is -2.39. The summed E-state index contributed by atoms with van der Waals surface area (Å²) in [6.07, 6.45) is 0.757. The third kappa shape index (κ3) is 2.65. The highest BCUT2D eigenvalue weighted by Crippen LogP contribution is 2.42. The van der Waals surface area contributed by atoms with E-state index in [-0.39, 0.29) is 11.0 Å². The van der Waals surface area contributed by atoms with Crippen molar-refractivity contribution in [2.75, 3.05) is 7.11 Å². The van der Waals surface area contributed by atoms with Crippen LogP contribution < -0.4 is 10.3 Å². The maximum atomic E-state index is 13.7. The number of rotatable bonds is 3. The standard InChI is InChI=1S/C22H21N5O2/c1-22(2)12-15-9-10-16(29-3)11-17(15)19-18(22)20(28)26(21-23-24-25-27(19)21)13-14-7-5-4-6-8-14/h4-11H,12-13H2,1-3H3. The number of nitrogens with zero attached hydrogens (tertiary/aromatic N) is 5. The molecule has 0 atom stereocenters. The second kappa shape index (κ2) is 6.27. The van der Waals surface area contributed by atoms with Crippen molar-refractivity contribution >= 4 is 5.78 Å². The molecule has 0 unspecified atom stereocenters. The van der Waals surface area contributed by atoms with Crippen molar-refractivity contribution in [1.82, 2.24) is 24.6 Å². The van der Waals surface area contributed by atoms with Crippen LogP contribution in [0.1, 0.15) is 30.5 Å². The molecule has 2 aromatic carbocycles. The Morgan fingerprint density at radius 2 is 1.93 bits per heavy atom. The fraction of sp³-hybridized carbons (Fsp3) is 0.273. The van der Waals surface area contributed by atoms with E-state index in [1.54, 1.807) is 16.2 Å². The molecule has 1 aliphatic carbocycles. The Bertz CT molecular complexity index is 1290. The fourth-order valence-electron chi connectivity index (χ4n) is 4.32. The van der Waals surface area contributed by atoms with E-state index in [0.717, 1.165) is 40.1 Å². The van der Waals surface area contributed by atoms with Crippen molar-refractivity contribution in [3.63, 3.8) is 0 Å². The Kier molecular flexibility index (Phi) is 3.81. The minimum atomic E-state index is -0.355. The zero-order valence-corrected chi connectivity index (χ0v) is 16.6.